The molecule has 1 N–H and O–H groups in total. The van der Waals surface area contributed by atoms with Crippen LogP contribution in [0.1, 0.15) is 43.4 Å². The van der Waals surface area contributed by atoms with E-state index in [9.17, 15) is 23.9 Å². The third-order valence-corrected chi connectivity index (χ3v) is 11.2. The number of phenolic OH excluding ortho intramolecular Hbond substituents is 1. The Kier molecular flexibility index (Phi) is 7.67. The Morgan fingerprint density at radius 1 is 1.13 bits per heavy atom. The number of anilines is 1. The molecule has 3 aromatic heterocycles. The molecular formula is C38H32F3N9O3. The molecule has 4 aliphatic rings. The number of nitriles is 1. The number of nitrogens with zero attached hydrogens (tertiary/aromatic N) is 9. The molecule has 4 atom stereocenters. The van der Waals surface area contributed by atoms with Crippen molar-refractivity contribution in [3.63, 3.8) is 0 Å². The van der Waals surface area contributed by atoms with Gasteiger partial charge >= 0.3 is 12.0 Å². The number of ether oxygens (including phenoxy) is 1. The van der Waals surface area contributed by atoms with E-state index >= 15 is 4.39 Å². The van der Waals surface area contributed by atoms with E-state index in [0.29, 0.717) is 37.3 Å². The molecule has 7 heterocycles. The van der Waals surface area contributed by atoms with Crippen molar-refractivity contribution in [3.8, 4) is 41.4 Å². The van der Waals surface area contributed by atoms with Crippen LogP contribution >= 0.6 is 0 Å². The maximum atomic E-state index is 17.0. The minimum Gasteiger partial charge on any atom is -0.508 e. The van der Waals surface area contributed by atoms with E-state index in [-0.39, 0.29) is 75.3 Å². The molecule has 15 heteroatoms. The summed E-state index contributed by atoms with van der Waals surface area (Å²) in [4.78, 5) is 37.3. The first-order valence-electron chi connectivity index (χ1n) is 17.5. The molecule has 0 aliphatic carbocycles. The number of carbonyl (C=O) groups excluding carboxylic acids is 1. The lowest BCUT2D eigenvalue weighted by Crippen LogP contribution is -2.57. The lowest BCUT2D eigenvalue weighted by atomic mass is 9.95. The summed E-state index contributed by atoms with van der Waals surface area (Å²) < 4.78 is 54.2. The van der Waals surface area contributed by atoms with Crippen molar-refractivity contribution in [2.75, 3.05) is 37.7 Å². The van der Waals surface area contributed by atoms with Crippen LogP contribution in [-0.4, -0.2) is 102 Å². The number of fused-ring (bicyclic) bond motifs is 5. The maximum absolute atomic E-state index is 17.0. The van der Waals surface area contributed by atoms with Gasteiger partial charge in [-0.2, -0.15) is 15.2 Å². The van der Waals surface area contributed by atoms with Gasteiger partial charge in [0.1, 0.15) is 53.8 Å². The Balaban J connectivity index is 1.14. The molecular weight excluding hydrogens is 687 g/mol. The largest absolute Gasteiger partial charge is 0.508 e. The van der Waals surface area contributed by atoms with Gasteiger partial charge in [0.15, 0.2) is 11.5 Å². The number of hydrogen-bond donors (Lipinski definition) is 1. The minimum absolute atomic E-state index is 0.0825. The number of imidazole rings is 1. The van der Waals surface area contributed by atoms with Gasteiger partial charge in [0.25, 0.3) is 0 Å². The second kappa shape index (κ2) is 12.3. The fourth-order valence-electron chi connectivity index (χ4n) is 8.92. The van der Waals surface area contributed by atoms with E-state index in [2.05, 4.69) is 25.8 Å². The number of hydrogen-bond acceptors (Lipinski definition) is 10. The second-order valence-corrected chi connectivity index (χ2v) is 14.3. The van der Waals surface area contributed by atoms with E-state index in [1.807, 2.05) is 11.0 Å². The molecule has 4 fully saturated rings. The van der Waals surface area contributed by atoms with Crippen LogP contribution in [0.2, 0.25) is 0 Å². The van der Waals surface area contributed by atoms with Crippen LogP contribution in [0.4, 0.5) is 23.8 Å². The Hall–Kier alpha value is -5.93. The fraction of sp³-hybridized carbons (Fsp3) is 0.368. The average molecular weight is 720 g/mol. The molecule has 268 valence electrons. The summed E-state index contributed by atoms with van der Waals surface area (Å²) in [6.45, 7) is 1.93. The minimum atomic E-state index is -0.976. The van der Waals surface area contributed by atoms with Gasteiger partial charge in [0.05, 0.1) is 34.8 Å². The van der Waals surface area contributed by atoms with Gasteiger partial charge in [-0.15, -0.1) is 6.42 Å². The van der Waals surface area contributed by atoms with E-state index in [1.165, 1.54) is 47.6 Å². The highest BCUT2D eigenvalue weighted by Crippen LogP contribution is 2.42. The van der Waals surface area contributed by atoms with Gasteiger partial charge in [0.2, 0.25) is 0 Å². The van der Waals surface area contributed by atoms with E-state index in [0.717, 1.165) is 32.2 Å². The molecule has 2 bridgehead atoms. The van der Waals surface area contributed by atoms with E-state index < -0.39 is 23.3 Å². The summed E-state index contributed by atoms with van der Waals surface area (Å²) in [5.74, 6) is 0.980. The number of phenols is 1. The summed E-state index contributed by atoms with van der Waals surface area (Å²) in [7, 11) is 0. The van der Waals surface area contributed by atoms with Crippen molar-refractivity contribution in [2.24, 2.45) is 0 Å². The van der Waals surface area contributed by atoms with Crippen LogP contribution < -0.4 is 9.64 Å². The summed E-state index contributed by atoms with van der Waals surface area (Å²) in [6, 6.07) is 6.45. The Morgan fingerprint density at radius 3 is 2.70 bits per heavy atom. The monoisotopic (exact) mass is 719 g/mol. The van der Waals surface area contributed by atoms with Crippen LogP contribution in [-0.2, 0) is 0 Å². The quantitative estimate of drug-likeness (QED) is 0.243. The van der Waals surface area contributed by atoms with Crippen molar-refractivity contribution < 1.29 is 27.8 Å². The number of amides is 1. The Morgan fingerprint density at radius 2 is 1.94 bits per heavy atom. The van der Waals surface area contributed by atoms with Crippen molar-refractivity contribution >= 4 is 33.5 Å². The average Bonchev–Trinajstić information content (AvgIpc) is 3.92. The zero-order chi connectivity index (χ0) is 36.6. The van der Waals surface area contributed by atoms with Gasteiger partial charge in [0, 0.05) is 43.2 Å². The number of benzene rings is 2. The normalized spacial score (nSPS) is 23.8. The lowest BCUT2D eigenvalue weighted by Gasteiger charge is -2.41. The van der Waals surface area contributed by atoms with Crippen molar-refractivity contribution in [1.82, 2.24) is 34.3 Å². The predicted octanol–water partition coefficient (Wildman–Crippen LogP) is 5.15. The summed E-state index contributed by atoms with van der Waals surface area (Å²) in [5, 5.41) is 20.7. The van der Waals surface area contributed by atoms with Gasteiger partial charge in [-0.25, -0.2) is 22.9 Å². The molecule has 0 saturated carbocycles. The first-order valence-corrected chi connectivity index (χ1v) is 17.5. The van der Waals surface area contributed by atoms with E-state index in [4.69, 9.17) is 16.1 Å². The number of alkyl halides is 1. The Bertz CT molecular complexity index is 2410. The fourth-order valence-corrected chi connectivity index (χ4v) is 8.92. The summed E-state index contributed by atoms with van der Waals surface area (Å²) in [6.07, 6.45) is 12.3. The summed E-state index contributed by atoms with van der Waals surface area (Å²) in [5.41, 5.74) is -0.720. The molecule has 0 radical (unpaired) electrons. The third kappa shape index (κ3) is 5.29. The van der Waals surface area contributed by atoms with Crippen molar-refractivity contribution in [1.29, 1.82) is 5.26 Å². The number of carbonyl (C=O) groups is 1. The van der Waals surface area contributed by atoms with Crippen LogP contribution in [0.15, 0.2) is 43.0 Å². The van der Waals surface area contributed by atoms with Gasteiger partial charge in [-0.3, -0.25) is 14.5 Å². The Labute approximate surface area is 301 Å². The third-order valence-electron chi connectivity index (χ3n) is 11.2. The van der Waals surface area contributed by atoms with Crippen molar-refractivity contribution in [2.45, 2.75) is 55.9 Å². The topological polar surface area (TPSA) is 137 Å². The predicted molar refractivity (Wildman–Crippen MR) is 187 cm³/mol. The molecule has 0 spiro atoms. The highest BCUT2D eigenvalue weighted by Gasteiger charge is 2.50. The molecule has 9 rings (SSSR count). The molecule has 2 unspecified atom stereocenters. The highest BCUT2D eigenvalue weighted by molar-refractivity contribution is 6.03. The van der Waals surface area contributed by atoms with E-state index in [1.54, 1.807) is 4.90 Å². The molecule has 5 aromatic rings. The standard InChI is InChI=1S/C38H32F3N9O3/c1-2-27-30(40)7-4-21-10-26(51)11-28(31(21)27)33-32(41)34-29(14-43-33)35(46-36(45-34)53-19-38-8-3-9-49(38)15-22(39)12-38)47-17-24-5-6-25(18-47)50(24)37(52)48-16-23(13-42)44-20-48/h1,4,7,10-11,14,16,20,22,24-25,51H,3,5-6,8-9,12,15,17-19H2/t22-,24?,25?,38+/m1/s1. The number of halogens is 3. The highest BCUT2D eigenvalue weighted by atomic mass is 19.1. The van der Waals surface area contributed by atoms with Crippen LogP contribution in [0.5, 0.6) is 11.8 Å². The number of terminal acetylenes is 1. The SMILES string of the molecule is C#Cc1c(F)ccc2cc(O)cc(-c3ncc4c(N5CC6CCC(C5)N6C(=O)n5cnc(C#N)c5)nc(OC[C@@]56CCCN5C[C@H](F)C6)nc4c3F)c12. The first-order chi connectivity index (χ1) is 25.7. The van der Waals surface area contributed by atoms with Gasteiger partial charge in [-0.05, 0) is 55.8 Å². The first kappa shape index (κ1) is 32.9. The molecule has 12 nitrogen and oxygen atoms in total. The van der Waals surface area contributed by atoms with Crippen LogP contribution in [0.3, 0.4) is 0 Å². The van der Waals surface area contributed by atoms with Crippen LogP contribution in [0.25, 0.3) is 32.9 Å². The number of aromatic nitrogens is 5. The van der Waals surface area contributed by atoms with Crippen molar-refractivity contribution in [3.05, 3.63) is 65.9 Å². The smallest absolute Gasteiger partial charge is 0.330 e. The number of aromatic hydroxyl groups is 1. The molecule has 1 amide bonds. The summed E-state index contributed by atoms with van der Waals surface area (Å²) >= 11 is 0. The van der Waals surface area contributed by atoms with Crippen LogP contribution in [0, 0.1) is 35.3 Å². The zero-order valence-corrected chi connectivity index (χ0v) is 28.3. The number of pyridine rings is 1. The maximum Gasteiger partial charge on any atom is 0.330 e. The van der Waals surface area contributed by atoms with Gasteiger partial charge < -0.3 is 19.6 Å². The second-order valence-electron chi connectivity index (χ2n) is 14.3. The number of piperazine rings is 1. The molecule has 4 aliphatic heterocycles. The molecule has 2 aromatic carbocycles. The number of rotatable bonds is 5. The van der Waals surface area contributed by atoms with Gasteiger partial charge in [-0.1, -0.05) is 12.0 Å². The molecule has 53 heavy (non-hydrogen) atoms. The zero-order valence-electron chi connectivity index (χ0n) is 28.3. The lowest BCUT2D eigenvalue weighted by molar-refractivity contribution is 0.107. The molecule has 4 saturated heterocycles.